The summed E-state index contributed by atoms with van der Waals surface area (Å²) < 4.78 is 4.99. The highest BCUT2D eigenvalue weighted by Crippen LogP contribution is 2.16. The number of likely N-dealkylation sites (tertiary alicyclic amines) is 1. The van der Waals surface area contributed by atoms with Gasteiger partial charge in [0.1, 0.15) is 0 Å². The van der Waals surface area contributed by atoms with Crippen molar-refractivity contribution in [1.29, 1.82) is 0 Å². The van der Waals surface area contributed by atoms with Crippen LogP contribution in [0.1, 0.15) is 25.7 Å². The maximum Gasteiger partial charge on any atom is 0.0474 e. The van der Waals surface area contributed by atoms with E-state index in [-0.39, 0.29) is 0 Å². The highest BCUT2D eigenvalue weighted by molar-refractivity contribution is 4.76. The Morgan fingerprint density at radius 3 is 2.93 bits per heavy atom. The Kier molecular flexibility index (Phi) is 6.15. The van der Waals surface area contributed by atoms with Crippen LogP contribution in [0.25, 0.3) is 0 Å². The van der Waals surface area contributed by atoms with Gasteiger partial charge < -0.3 is 15.0 Å². The molecule has 0 aliphatic carbocycles. The van der Waals surface area contributed by atoms with Crippen molar-refractivity contribution in [2.45, 2.75) is 31.7 Å². The molecule has 1 fully saturated rings. The molecule has 0 aromatic carbocycles. The zero-order valence-corrected chi connectivity index (χ0v) is 9.59. The Morgan fingerprint density at radius 2 is 2.29 bits per heavy atom. The summed E-state index contributed by atoms with van der Waals surface area (Å²) in [5.41, 5.74) is 0. The zero-order valence-electron chi connectivity index (χ0n) is 9.59. The zero-order chi connectivity index (χ0) is 10.2. The molecule has 0 radical (unpaired) electrons. The number of hydrogen-bond donors (Lipinski definition) is 1. The average molecular weight is 200 g/mol. The molecule has 0 amide bonds. The molecule has 1 aliphatic heterocycles. The summed E-state index contributed by atoms with van der Waals surface area (Å²) in [5.74, 6) is 0. The number of rotatable bonds is 7. The van der Waals surface area contributed by atoms with E-state index in [1.165, 1.54) is 25.8 Å². The molecule has 0 aromatic heterocycles. The Balaban J connectivity index is 1.88. The van der Waals surface area contributed by atoms with Gasteiger partial charge in [0.15, 0.2) is 0 Å². The van der Waals surface area contributed by atoms with E-state index in [4.69, 9.17) is 4.74 Å². The van der Waals surface area contributed by atoms with E-state index in [1.54, 1.807) is 7.11 Å². The van der Waals surface area contributed by atoms with Gasteiger partial charge >= 0.3 is 0 Å². The third-order valence-electron chi connectivity index (χ3n) is 3.03. The lowest BCUT2D eigenvalue weighted by Crippen LogP contribution is -2.29. The van der Waals surface area contributed by atoms with Crippen molar-refractivity contribution in [3.8, 4) is 0 Å². The summed E-state index contributed by atoms with van der Waals surface area (Å²) >= 11 is 0. The van der Waals surface area contributed by atoms with Gasteiger partial charge in [0.05, 0.1) is 0 Å². The topological polar surface area (TPSA) is 24.5 Å². The Labute approximate surface area is 87.8 Å². The van der Waals surface area contributed by atoms with Crippen LogP contribution in [0, 0.1) is 0 Å². The van der Waals surface area contributed by atoms with E-state index in [0.29, 0.717) is 0 Å². The van der Waals surface area contributed by atoms with E-state index >= 15 is 0 Å². The van der Waals surface area contributed by atoms with Crippen LogP contribution in [0.15, 0.2) is 0 Å². The van der Waals surface area contributed by atoms with Crippen LogP contribution in [0.4, 0.5) is 0 Å². The van der Waals surface area contributed by atoms with Crippen LogP contribution in [-0.2, 0) is 4.74 Å². The molecule has 1 atom stereocenters. The lowest BCUT2D eigenvalue weighted by atomic mass is 10.1. The first-order chi connectivity index (χ1) is 6.84. The molecule has 0 saturated carbocycles. The van der Waals surface area contributed by atoms with Gasteiger partial charge in [0.2, 0.25) is 0 Å². The minimum atomic E-state index is 0.824. The highest BCUT2D eigenvalue weighted by atomic mass is 16.5. The molecule has 1 rings (SSSR count). The van der Waals surface area contributed by atoms with Crippen molar-refractivity contribution in [1.82, 2.24) is 10.2 Å². The number of nitrogens with zero attached hydrogens (tertiary/aromatic N) is 1. The lowest BCUT2D eigenvalue weighted by Gasteiger charge is -2.19. The first-order valence-electron chi connectivity index (χ1n) is 5.74. The van der Waals surface area contributed by atoms with Gasteiger partial charge in [-0.15, -0.1) is 0 Å². The van der Waals surface area contributed by atoms with Gasteiger partial charge in [-0.3, -0.25) is 0 Å². The van der Waals surface area contributed by atoms with Crippen molar-refractivity contribution in [3.05, 3.63) is 0 Å². The molecule has 3 heteroatoms. The molecule has 3 nitrogen and oxygen atoms in total. The second-order valence-electron chi connectivity index (χ2n) is 4.16. The monoisotopic (exact) mass is 200 g/mol. The smallest absolute Gasteiger partial charge is 0.0474 e. The summed E-state index contributed by atoms with van der Waals surface area (Å²) in [6.45, 7) is 4.40. The van der Waals surface area contributed by atoms with Gasteiger partial charge in [0, 0.05) is 19.8 Å². The van der Waals surface area contributed by atoms with Gasteiger partial charge in [-0.25, -0.2) is 0 Å². The molecule has 84 valence electrons. The van der Waals surface area contributed by atoms with Crippen LogP contribution in [0.2, 0.25) is 0 Å². The van der Waals surface area contributed by atoms with Crippen LogP contribution in [-0.4, -0.2) is 51.3 Å². The third-order valence-corrected chi connectivity index (χ3v) is 3.03. The number of nitrogens with one attached hydrogen (secondary N) is 1. The normalized spacial score (nSPS) is 23.1. The molecule has 0 aromatic rings. The number of ether oxygens (including phenoxy) is 1. The fraction of sp³-hybridized carbons (Fsp3) is 1.00. The largest absolute Gasteiger partial charge is 0.385 e. The van der Waals surface area contributed by atoms with Gasteiger partial charge in [-0.05, 0) is 52.4 Å². The van der Waals surface area contributed by atoms with E-state index in [1.807, 2.05) is 0 Å². The van der Waals surface area contributed by atoms with Gasteiger partial charge in [0.25, 0.3) is 0 Å². The Morgan fingerprint density at radius 1 is 1.43 bits per heavy atom. The van der Waals surface area contributed by atoms with E-state index < -0.39 is 0 Å². The fourth-order valence-electron chi connectivity index (χ4n) is 2.08. The predicted octanol–water partition coefficient (Wildman–Crippen LogP) is 1.10. The summed E-state index contributed by atoms with van der Waals surface area (Å²) in [6.07, 6.45) is 5.18. The highest BCUT2D eigenvalue weighted by Gasteiger charge is 2.19. The molecular formula is C11H24N2O. The second-order valence-corrected chi connectivity index (χ2v) is 4.16. The van der Waals surface area contributed by atoms with Crippen LogP contribution in [0.5, 0.6) is 0 Å². The molecule has 1 unspecified atom stereocenters. The van der Waals surface area contributed by atoms with Crippen LogP contribution >= 0.6 is 0 Å². The third kappa shape index (κ3) is 4.40. The Hall–Kier alpha value is -0.120. The quantitative estimate of drug-likeness (QED) is 0.623. The Bertz CT molecular complexity index is 141. The molecule has 1 aliphatic rings. The fourth-order valence-corrected chi connectivity index (χ4v) is 2.08. The maximum absolute atomic E-state index is 4.99. The van der Waals surface area contributed by atoms with Gasteiger partial charge in [-0.1, -0.05) is 0 Å². The minimum Gasteiger partial charge on any atom is -0.385 e. The van der Waals surface area contributed by atoms with Crippen molar-refractivity contribution < 1.29 is 4.74 Å². The molecule has 0 bridgehead atoms. The maximum atomic E-state index is 4.99. The first kappa shape index (κ1) is 12.0. The molecule has 14 heavy (non-hydrogen) atoms. The summed E-state index contributed by atoms with van der Waals surface area (Å²) in [7, 11) is 4.00. The summed E-state index contributed by atoms with van der Waals surface area (Å²) in [5, 5.41) is 3.46. The lowest BCUT2D eigenvalue weighted by molar-refractivity contribution is 0.194. The van der Waals surface area contributed by atoms with E-state index in [9.17, 15) is 0 Å². The van der Waals surface area contributed by atoms with Crippen molar-refractivity contribution in [2.75, 3.05) is 40.4 Å². The van der Waals surface area contributed by atoms with Crippen molar-refractivity contribution >= 4 is 0 Å². The van der Waals surface area contributed by atoms with Crippen LogP contribution < -0.4 is 5.32 Å². The second kappa shape index (κ2) is 7.21. The standard InChI is InChI=1S/C11H24N2O/c1-13-9-3-5-11(13)6-8-12-7-4-10-14-2/h11-12H,3-10H2,1-2H3. The molecule has 0 spiro atoms. The van der Waals surface area contributed by atoms with Crippen molar-refractivity contribution in [2.24, 2.45) is 0 Å². The minimum absolute atomic E-state index is 0.824. The first-order valence-corrected chi connectivity index (χ1v) is 5.74. The predicted molar refractivity (Wildman–Crippen MR) is 59.6 cm³/mol. The van der Waals surface area contributed by atoms with Gasteiger partial charge in [-0.2, -0.15) is 0 Å². The number of methoxy groups -OCH3 is 1. The van der Waals surface area contributed by atoms with E-state index in [0.717, 1.165) is 32.2 Å². The van der Waals surface area contributed by atoms with E-state index in [2.05, 4.69) is 17.3 Å². The molecule has 1 N–H and O–H groups in total. The summed E-state index contributed by atoms with van der Waals surface area (Å²) in [6, 6.07) is 0.824. The molecule has 1 heterocycles. The molecule has 1 saturated heterocycles. The average Bonchev–Trinajstić information content (AvgIpc) is 2.58. The number of hydrogen-bond acceptors (Lipinski definition) is 3. The van der Waals surface area contributed by atoms with Crippen molar-refractivity contribution in [3.63, 3.8) is 0 Å². The SMILES string of the molecule is COCCCNCCC1CCCN1C. The van der Waals surface area contributed by atoms with Crippen LogP contribution in [0.3, 0.4) is 0 Å². The molecular weight excluding hydrogens is 176 g/mol. The summed E-state index contributed by atoms with van der Waals surface area (Å²) in [4.78, 5) is 2.48.